The molecule has 0 saturated carbocycles. The van der Waals surface area contributed by atoms with E-state index < -0.39 is 11.4 Å². The van der Waals surface area contributed by atoms with Crippen molar-refractivity contribution < 1.29 is 9.90 Å². The van der Waals surface area contributed by atoms with Gasteiger partial charge < -0.3 is 5.11 Å². The number of aryl methyl sites for hydroxylation is 1. The van der Waals surface area contributed by atoms with Crippen LogP contribution in [0.1, 0.15) is 31.4 Å². The molecule has 1 aromatic carbocycles. The van der Waals surface area contributed by atoms with Crippen molar-refractivity contribution >= 4 is 17.7 Å². The topological polar surface area (TPSA) is 37.3 Å². The minimum Gasteiger partial charge on any atom is -0.481 e. The number of thioether (sulfide) groups is 1. The van der Waals surface area contributed by atoms with Crippen LogP contribution < -0.4 is 0 Å². The van der Waals surface area contributed by atoms with Gasteiger partial charge in [-0.25, -0.2) is 0 Å². The smallest absolute Gasteiger partial charge is 0.309 e. The third-order valence-electron chi connectivity index (χ3n) is 2.80. The Morgan fingerprint density at radius 3 is 2.71 bits per heavy atom. The summed E-state index contributed by atoms with van der Waals surface area (Å²) in [6.07, 6.45) is 0.707. The van der Waals surface area contributed by atoms with E-state index in [0.29, 0.717) is 6.42 Å². The SMILES string of the molecule is Cc1cccc(CSCCC(C)(C)C(=O)O)c1. The van der Waals surface area contributed by atoms with Gasteiger partial charge in [0.25, 0.3) is 0 Å². The third-order valence-corrected chi connectivity index (χ3v) is 3.83. The van der Waals surface area contributed by atoms with Crippen LogP contribution in [-0.4, -0.2) is 16.8 Å². The van der Waals surface area contributed by atoms with Crippen LogP contribution in [0.15, 0.2) is 24.3 Å². The zero-order chi connectivity index (χ0) is 12.9. The fourth-order valence-corrected chi connectivity index (χ4v) is 2.64. The molecular formula is C14H20O2S. The third kappa shape index (κ3) is 4.82. The maximum absolute atomic E-state index is 10.9. The van der Waals surface area contributed by atoms with Gasteiger partial charge in [-0.05, 0) is 38.5 Å². The summed E-state index contributed by atoms with van der Waals surface area (Å²) >= 11 is 1.80. The molecule has 1 aromatic rings. The van der Waals surface area contributed by atoms with Crippen molar-refractivity contribution in [1.29, 1.82) is 0 Å². The Morgan fingerprint density at radius 2 is 2.12 bits per heavy atom. The molecule has 0 spiro atoms. The number of rotatable bonds is 6. The molecule has 0 aliphatic heterocycles. The maximum atomic E-state index is 10.9. The first kappa shape index (κ1) is 14.1. The van der Waals surface area contributed by atoms with Crippen molar-refractivity contribution in [2.45, 2.75) is 32.9 Å². The van der Waals surface area contributed by atoms with Crippen LogP contribution in [0.2, 0.25) is 0 Å². The summed E-state index contributed by atoms with van der Waals surface area (Å²) in [5.74, 6) is 1.12. The number of carboxylic acids is 1. The van der Waals surface area contributed by atoms with E-state index in [1.54, 1.807) is 25.6 Å². The summed E-state index contributed by atoms with van der Waals surface area (Å²) in [6.45, 7) is 5.65. The van der Waals surface area contributed by atoms with Gasteiger partial charge >= 0.3 is 5.97 Å². The summed E-state index contributed by atoms with van der Waals surface area (Å²) < 4.78 is 0. The van der Waals surface area contributed by atoms with Crippen molar-refractivity contribution in [2.75, 3.05) is 5.75 Å². The Balaban J connectivity index is 2.32. The molecule has 0 unspecified atom stereocenters. The molecule has 0 bridgehead atoms. The second kappa shape index (κ2) is 6.10. The van der Waals surface area contributed by atoms with Crippen LogP contribution in [0, 0.1) is 12.3 Å². The summed E-state index contributed by atoms with van der Waals surface area (Å²) in [4.78, 5) is 10.9. The number of hydrogen-bond acceptors (Lipinski definition) is 2. The molecule has 0 saturated heterocycles. The van der Waals surface area contributed by atoms with Crippen LogP contribution in [0.5, 0.6) is 0 Å². The van der Waals surface area contributed by atoms with E-state index in [2.05, 4.69) is 31.2 Å². The zero-order valence-corrected chi connectivity index (χ0v) is 11.5. The molecule has 0 aromatic heterocycles. The molecule has 0 aliphatic rings. The minimum absolute atomic E-state index is 0.612. The summed E-state index contributed by atoms with van der Waals surface area (Å²) in [6, 6.07) is 8.44. The summed E-state index contributed by atoms with van der Waals surface area (Å²) in [7, 11) is 0. The molecule has 2 nitrogen and oxygen atoms in total. The molecule has 0 atom stereocenters. The standard InChI is InChI=1S/C14H20O2S/c1-11-5-4-6-12(9-11)10-17-8-7-14(2,3)13(15)16/h4-6,9H,7-8,10H2,1-3H3,(H,15,16). The number of carboxylic acid groups (broad SMARTS) is 1. The first-order chi connectivity index (χ1) is 7.92. The van der Waals surface area contributed by atoms with Crippen LogP contribution in [-0.2, 0) is 10.5 Å². The van der Waals surface area contributed by atoms with Crippen molar-refractivity contribution in [3.63, 3.8) is 0 Å². The lowest BCUT2D eigenvalue weighted by molar-refractivity contribution is -0.146. The predicted octanol–water partition coefficient (Wildman–Crippen LogP) is 3.73. The van der Waals surface area contributed by atoms with Gasteiger partial charge in [-0.15, -0.1) is 0 Å². The van der Waals surface area contributed by atoms with Crippen molar-refractivity contribution in [2.24, 2.45) is 5.41 Å². The first-order valence-electron chi connectivity index (χ1n) is 5.78. The van der Waals surface area contributed by atoms with Crippen LogP contribution in [0.3, 0.4) is 0 Å². The number of benzene rings is 1. The number of hydrogen-bond donors (Lipinski definition) is 1. The second-order valence-corrected chi connectivity index (χ2v) is 6.09. The minimum atomic E-state index is -0.714. The fourth-order valence-electron chi connectivity index (χ4n) is 1.43. The van der Waals surface area contributed by atoms with Crippen LogP contribution in [0.25, 0.3) is 0 Å². The highest BCUT2D eigenvalue weighted by Crippen LogP contribution is 2.24. The maximum Gasteiger partial charge on any atom is 0.309 e. The monoisotopic (exact) mass is 252 g/mol. The van der Waals surface area contributed by atoms with E-state index >= 15 is 0 Å². The molecule has 3 heteroatoms. The first-order valence-corrected chi connectivity index (χ1v) is 6.94. The molecule has 0 amide bonds. The average molecular weight is 252 g/mol. The van der Waals surface area contributed by atoms with E-state index in [0.717, 1.165) is 11.5 Å². The van der Waals surface area contributed by atoms with Crippen molar-refractivity contribution in [3.8, 4) is 0 Å². The number of carbonyl (C=O) groups is 1. The van der Waals surface area contributed by atoms with Gasteiger partial charge in [0.1, 0.15) is 0 Å². The molecule has 0 aliphatic carbocycles. The van der Waals surface area contributed by atoms with E-state index in [-0.39, 0.29) is 0 Å². The highest BCUT2D eigenvalue weighted by atomic mass is 32.2. The van der Waals surface area contributed by atoms with E-state index in [9.17, 15) is 4.79 Å². The molecule has 1 N–H and O–H groups in total. The highest BCUT2D eigenvalue weighted by molar-refractivity contribution is 7.98. The van der Waals surface area contributed by atoms with E-state index in [4.69, 9.17) is 5.11 Å². The van der Waals surface area contributed by atoms with Gasteiger partial charge in [-0.1, -0.05) is 29.8 Å². The average Bonchev–Trinajstić information content (AvgIpc) is 2.24. The molecular weight excluding hydrogens is 232 g/mol. The van der Waals surface area contributed by atoms with Gasteiger partial charge in [-0.3, -0.25) is 4.79 Å². The molecule has 17 heavy (non-hydrogen) atoms. The summed E-state index contributed by atoms with van der Waals surface area (Å²) in [5, 5.41) is 8.98. The fraction of sp³-hybridized carbons (Fsp3) is 0.500. The van der Waals surface area contributed by atoms with Crippen LogP contribution in [0.4, 0.5) is 0 Å². The molecule has 0 fully saturated rings. The molecule has 0 radical (unpaired) electrons. The Kier molecular flexibility index (Phi) is 5.06. The number of aliphatic carboxylic acids is 1. The van der Waals surface area contributed by atoms with Gasteiger partial charge in [-0.2, -0.15) is 11.8 Å². The molecule has 0 heterocycles. The van der Waals surface area contributed by atoms with E-state index in [1.165, 1.54) is 11.1 Å². The Hall–Kier alpha value is -0.960. The van der Waals surface area contributed by atoms with Gasteiger partial charge in [0.15, 0.2) is 0 Å². The zero-order valence-electron chi connectivity index (χ0n) is 10.7. The Morgan fingerprint density at radius 1 is 1.41 bits per heavy atom. The Bertz CT molecular complexity index is 386. The lowest BCUT2D eigenvalue weighted by Crippen LogP contribution is -2.24. The van der Waals surface area contributed by atoms with Gasteiger partial charge in [0, 0.05) is 5.75 Å². The predicted molar refractivity (Wildman–Crippen MR) is 73.4 cm³/mol. The van der Waals surface area contributed by atoms with Crippen molar-refractivity contribution in [1.82, 2.24) is 0 Å². The van der Waals surface area contributed by atoms with Gasteiger partial charge in [0.05, 0.1) is 5.41 Å². The summed E-state index contributed by atoms with van der Waals surface area (Å²) in [5.41, 5.74) is 1.97. The molecule has 1 rings (SSSR count). The van der Waals surface area contributed by atoms with Crippen molar-refractivity contribution in [3.05, 3.63) is 35.4 Å². The van der Waals surface area contributed by atoms with Crippen LogP contribution >= 0.6 is 11.8 Å². The lowest BCUT2D eigenvalue weighted by atomic mass is 9.91. The lowest BCUT2D eigenvalue weighted by Gasteiger charge is -2.18. The quantitative estimate of drug-likeness (QED) is 0.784. The largest absolute Gasteiger partial charge is 0.481 e. The highest BCUT2D eigenvalue weighted by Gasteiger charge is 2.26. The van der Waals surface area contributed by atoms with E-state index in [1.807, 2.05) is 0 Å². The van der Waals surface area contributed by atoms with Gasteiger partial charge in [0.2, 0.25) is 0 Å². The second-order valence-electron chi connectivity index (χ2n) is 4.98. The normalized spacial score (nSPS) is 11.5. The Labute approximate surface area is 107 Å². The molecule has 94 valence electrons.